The van der Waals surface area contributed by atoms with E-state index >= 15 is 0 Å². The van der Waals surface area contributed by atoms with Gasteiger partial charge in [-0.2, -0.15) is 0 Å². The number of hydrogen-bond acceptors (Lipinski definition) is 2. The van der Waals surface area contributed by atoms with E-state index in [1.165, 1.54) is 24.8 Å². The highest BCUT2D eigenvalue weighted by Crippen LogP contribution is 2.36. The summed E-state index contributed by atoms with van der Waals surface area (Å²) in [5.41, 5.74) is 1.42. The minimum Gasteiger partial charge on any atom is -0.338 e. The van der Waals surface area contributed by atoms with E-state index in [0.717, 1.165) is 44.8 Å². The van der Waals surface area contributed by atoms with Crippen LogP contribution >= 0.6 is 0 Å². The lowest BCUT2D eigenvalue weighted by atomic mass is 9.95. The zero-order chi connectivity index (χ0) is 14.9. The molecule has 0 spiro atoms. The molecule has 22 heavy (non-hydrogen) atoms. The number of benzene rings is 1. The van der Waals surface area contributed by atoms with Crippen molar-refractivity contribution < 1.29 is 4.79 Å². The van der Waals surface area contributed by atoms with Crippen LogP contribution in [0.4, 0.5) is 0 Å². The van der Waals surface area contributed by atoms with Gasteiger partial charge >= 0.3 is 0 Å². The molecule has 118 valence electrons. The van der Waals surface area contributed by atoms with E-state index in [1.54, 1.807) is 0 Å². The van der Waals surface area contributed by atoms with Crippen LogP contribution in [0.2, 0.25) is 0 Å². The van der Waals surface area contributed by atoms with Crippen LogP contribution in [0.3, 0.4) is 0 Å². The number of nitrogens with zero attached hydrogens (tertiary/aromatic N) is 2. The molecule has 2 aliphatic heterocycles. The van der Waals surface area contributed by atoms with Crippen LogP contribution in [0, 0.1) is 5.92 Å². The number of piperidine rings is 1. The summed E-state index contributed by atoms with van der Waals surface area (Å²) in [5, 5.41) is 0. The van der Waals surface area contributed by atoms with Crippen molar-refractivity contribution in [3.8, 4) is 0 Å². The van der Waals surface area contributed by atoms with Crippen molar-refractivity contribution in [1.29, 1.82) is 0 Å². The molecule has 3 fully saturated rings. The third-order valence-corrected chi connectivity index (χ3v) is 5.68. The first kappa shape index (κ1) is 14.3. The van der Waals surface area contributed by atoms with Crippen molar-refractivity contribution >= 4 is 5.91 Å². The van der Waals surface area contributed by atoms with Gasteiger partial charge in [0.2, 0.25) is 5.91 Å². The van der Waals surface area contributed by atoms with Crippen molar-refractivity contribution in [2.75, 3.05) is 19.6 Å². The average molecular weight is 298 g/mol. The van der Waals surface area contributed by atoms with Gasteiger partial charge in [0, 0.05) is 38.1 Å². The van der Waals surface area contributed by atoms with Crippen LogP contribution in [0.25, 0.3) is 0 Å². The van der Waals surface area contributed by atoms with Gasteiger partial charge in [0.25, 0.3) is 0 Å². The largest absolute Gasteiger partial charge is 0.338 e. The van der Waals surface area contributed by atoms with E-state index in [2.05, 4.69) is 40.1 Å². The van der Waals surface area contributed by atoms with Crippen LogP contribution in [0.1, 0.15) is 37.7 Å². The van der Waals surface area contributed by atoms with Crippen LogP contribution in [-0.4, -0.2) is 47.4 Å². The molecular weight excluding hydrogens is 272 g/mol. The second-order valence-electron chi connectivity index (χ2n) is 7.22. The van der Waals surface area contributed by atoms with Crippen molar-refractivity contribution in [3.05, 3.63) is 35.9 Å². The highest BCUT2D eigenvalue weighted by atomic mass is 16.2. The van der Waals surface area contributed by atoms with Gasteiger partial charge in [0.15, 0.2) is 0 Å². The number of carbonyl (C=O) groups is 1. The van der Waals surface area contributed by atoms with Gasteiger partial charge in [0.05, 0.1) is 0 Å². The molecule has 2 saturated heterocycles. The second-order valence-corrected chi connectivity index (χ2v) is 7.22. The lowest BCUT2D eigenvalue weighted by molar-refractivity contribution is -0.138. The van der Waals surface area contributed by atoms with Crippen molar-refractivity contribution in [2.45, 2.75) is 50.6 Å². The van der Waals surface area contributed by atoms with Crippen LogP contribution in [0.15, 0.2) is 30.3 Å². The molecule has 3 nitrogen and oxygen atoms in total. The molecule has 4 rings (SSSR count). The molecule has 0 bridgehead atoms. The number of likely N-dealkylation sites (tertiary alicyclic amines) is 2. The molecule has 3 aliphatic rings. The molecule has 0 N–H and O–H groups in total. The minimum atomic E-state index is 0.415. The third kappa shape index (κ3) is 2.91. The Morgan fingerprint density at radius 1 is 1.00 bits per heavy atom. The van der Waals surface area contributed by atoms with Crippen LogP contribution in [0.5, 0.6) is 0 Å². The molecule has 1 amide bonds. The SMILES string of the molecule is O=C1CC[C@@H]2[C@@H](CCN2CCc2ccccc2)N1CC1CC1. The summed E-state index contributed by atoms with van der Waals surface area (Å²) in [7, 11) is 0. The average Bonchev–Trinajstić information content (AvgIpc) is 3.27. The normalized spacial score (nSPS) is 28.9. The Hall–Kier alpha value is -1.35. The first-order valence-electron chi connectivity index (χ1n) is 8.89. The zero-order valence-electron chi connectivity index (χ0n) is 13.3. The molecule has 2 atom stereocenters. The van der Waals surface area contributed by atoms with Gasteiger partial charge in [-0.25, -0.2) is 0 Å². The highest BCUT2D eigenvalue weighted by molar-refractivity contribution is 5.77. The molecule has 0 unspecified atom stereocenters. The Kier molecular flexibility index (Phi) is 3.91. The van der Waals surface area contributed by atoms with E-state index in [1.807, 2.05) is 0 Å². The smallest absolute Gasteiger partial charge is 0.222 e. The lowest BCUT2D eigenvalue weighted by Crippen LogP contribution is -2.53. The highest BCUT2D eigenvalue weighted by Gasteiger charge is 2.44. The fourth-order valence-electron chi connectivity index (χ4n) is 4.25. The Balaban J connectivity index is 1.38. The maximum Gasteiger partial charge on any atom is 0.222 e. The number of hydrogen-bond donors (Lipinski definition) is 0. The number of amides is 1. The van der Waals surface area contributed by atoms with Crippen LogP contribution < -0.4 is 0 Å². The fourth-order valence-corrected chi connectivity index (χ4v) is 4.25. The Morgan fingerprint density at radius 3 is 2.59 bits per heavy atom. The van der Waals surface area contributed by atoms with Crippen LogP contribution in [-0.2, 0) is 11.2 Å². The number of carbonyl (C=O) groups excluding carboxylic acids is 1. The van der Waals surface area contributed by atoms with Gasteiger partial charge in [-0.1, -0.05) is 30.3 Å². The molecule has 1 aromatic rings. The van der Waals surface area contributed by atoms with Gasteiger partial charge < -0.3 is 4.90 Å². The van der Waals surface area contributed by atoms with Gasteiger partial charge in [0.1, 0.15) is 0 Å². The predicted octanol–water partition coefficient (Wildman–Crippen LogP) is 2.70. The summed E-state index contributed by atoms with van der Waals surface area (Å²) in [6.45, 7) is 3.33. The fraction of sp³-hybridized carbons (Fsp3) is 0.632. The minimum absolute atomic E-state index is 0.415. The summed E-state index contributed by atoms with van der Waals surface area (Å²) >= 11 is 0. The monoisotopic (exact) mass is 298 g/mol. The maximum absolute atomic E-state index is 12.3. The molecular formula is C19H26N2O. The summed E-state index contributed by atoms with van der Waals surface area (Å²) in [6, 6.07) is 11.9. The second kappa shape index (κ2) is 6.04. The van der Waals surface area contributed by atoms with Gasteiger partial charge in [-0.3, -0.25) is 9.69 Å². The Bertz CT molecular complexity index is 525. The first-order valence-corrected chi connectivity index (χ1v) is 8.89. The topological polar surface area (TPSA) is 23.6 Å². The molecule has 3 heteroatoms. The lowest BCUT2D eigenvalue weighted by Gasteiger charge is -2.40. The Labute approximate surface area is 133 Å². The van der Waals surface area contributed by atoms with E-state index in [9.17, 15) is 4.79 Å². The van der Waals surface area contributed by atoms with Crippen molar-refractivity contribution in [1.82, 2.24) is 9.80 Å². The third-order valence-electron chi connectivity index (χ3n) is 5.68. The molecule has 0 aromatic heterocycles. The van der Waals surface area contributed by atoms with Crippen molar-refractivity contribution in [3.63, 3.8) is 0 Å². The van der Waals surface area contributed by atoms with Gasteiger partial charge in [-0.05, 0) is 43.6 Å². The van der Waals surface area contributed by atoms with E-state index in [-0.39, 0.29) is 0 Å². The summed E-state index contributed by atoms with van der Waals surface area (Å²) in [4.78, 5) is 17.2. The number of rotatable bonds is 5. The Morgan fingerprint density at radius 2 is 1.82 bits per heavy atom. The van der Waals surface area contributed by atoms with Crippen molar-refractivity contribution in [2.24, 2.45) is 5.92 Å². The standard InChI is InChI=1S/C19H26N2O/c22-19-9-8-17-18(21(19)14-16-6-7-16)11-13-20(17)12-10-15-4-2-1-3-5-15/h1-5,16-18H,6-14H2/t17-,18-/m1/s1. The molecule has 1 aromatic carbocycles. The van der Waals surface area contributed by atoms with E-state index in [4.69, 9.17) is 0 Å². The molecule has 2 heterocycles. The molecule has 0 radical (unpaired) electrons. The zero-order valence-corrected chi connectivity index (χ0v) is 13.3. The first-order chi connectivity index (χ1) is 10.8. The quantitative estimate of drug-likeness (QED) is 0.834. The van der Waals surface area contributed by atoms with Gasteiger partial charge in [-0.15, -0.1) is 0 Å². The maximum atomic E-state index is 12.3. The molecule has 1 saturated carbocycles. The summed E-state index contributed by atoms with van der Waals surface area (Å²) in [5.74, 6) is 1.22. The number of fused-ring (bicyclic) bond motifs is 1. The summed E-state index contributed by atoms with van der Waals surface area (Å²) < 4.78 is 0. The summed E-state index contributed by atoms with van der Waals surface area (Å²) in [6.07, 6.45) is 6.80. The molecule has 1 aliphatic carbocycles. The predicted molar refractivity (Wildman–Crippen MR) is 87.6 cm³/mol. The van der Waals surface area contributed by atoms with E-state index < -0.39 is 0 Å². The van der Waals surface area contributed by atoms with E-state index in [0.29, 0.717) is 18.0 Å².